The van der Waals surface area contributed by atoms with E-state index < -0.39 is 0 Å². The summed E-state index contributed by atoms with van der Waals surface area (Å²) in [5.74, 6) is 0. The van der Waals surface area contributed by atoms with Crippen LogP contribution >= 0.6 is 0 Å². The van der Waals surface area contributed by atoms with E-state index in [2.05, 4.69) is 0 Å². The molecule has 0 unspecified atom stereocenters. The van der Waals surface area contributed by atoms with Gasteiger partial charge in [-0.3, -0.25) is 0 Å². The van der Waals surface area contributed by atoms with Gasteiger partial charge in [-0.25, -0.2) is 0 Å². The maximum Gasteiger partial charge on any atom is 0.0701 e. The van der Waals surface area contributed by atoms with Gasteiger partial charge in [-0.15, -0.1) is 0 Å². The summed E-state index contributed by atoms with van der Waals surface area (Å²) in [5.41, 5.74) is 10.7. The highest BCUT2D eigenvalue weighted by molar-refractivity contribution is 4.49. The van der Waals surface area contributed by atoms with Crippen LogP contribution in [0.1, 0.15) is 0 Å². The third-order valence-corrected chi connectivity index (χ3v) is 16.1. The Morgan fingerprint density at radius 3 is 0.113 bits per heavy atom. The molecule has 0 saturated carbocycles. The number of hydrogen-bond donors (Lipinski definition) is 2. The van der Waals surface area contributed by atoms with Crippen molar-refractivity contribution in [1.29, 1.82) is 0 Å². The summed E-state index contributed by atoms with van der Waals surface area (Å²) in [5, 5.41) is 0. The Labute approximate surface area is 793 Å². The summed E-state index contributed by atoms with van der Waals surface area (Å²) in [4.78, 5) is 0. The monoisotopic (exact) mass is 1950 g/mol. The SMILES string of the molecule is NCCOCCOCCOCCOCCOCCOCCOCCOCCOCCOCCOCCOCCOCCOCCOCCOCCOCCOCCOCCOCCOCCOCCOCCOCCOCCOCCOCCOCCOCCOCCOCCOCCOCCOCCOCCOCCOCCOCCOCCOCCOCCOCCOCCN. The second-order valence-corrected chi connectivity index (χ2v) is 26.9. The topological polar surface area (TPSA) is 449 Å². The van der Waals surface area contributed by atoms with Crippen LogP contribution in [-0.2, 0) is 204 Å². The molecule has 0 fully saturated rings. The molecule has 0 heterocycles. The van der Waals surface area contributed by atoms with Gasteiger partial charge in [0.05, 0.1) is 568 Å². The second kappa shape index (κ2) is 130. The fraction of sp³-hybridized carbons (Fsp3) is 1.00. The molecule has 45 nitrogen and oxygen atoms in total. The van der Waals surface area contributed by atoms with E-state index in [1.165, 1.54) is 0 Å². The average Bonchev–Trinajstić information content (AvgIpc) is 1.11. The molecule has 0 bridgehead atoms. The number of nitrogens with two attached hydrogens (primary N) is 2. The van der Waals surface area contributed by atoms with Crippen molar-refractivity contribution in [1.82, 2.24) is 0 Å². The highest BCUT2D eigenvalue weighted by Gasteiger charge is 2.06. The molecule has 0 aromatic heterocycles. The zero-order chi connectivity index (χ0) is 94.6. The van der Waals surface area contributed by atoms with Crippen molar-refractivity contribution in [2.75, 3.05) is 581 Å². The predicted octanol–water partition coefficient (Wildman–Crippen LogP) is -0.382. The summed E-state index contributed by atoms with van der Waals surface area (Å²) in [6, 6.07) is 0. The minimum atomic E-state index is 0.473. The van der Waals surface area contributed by atoms with Gasteiger partial charge in [-0.1, -0.05) is 0 Å². The molecule has 0 aliphatic carbocycles. The van der Waals surface area contributed by atoms with Crippen molar-refractivity contribution in [3.05, 3.63) is 0 Å². The van der Waals surface area contributed by atoms with Crippen LogP contribution in [0.3, 0.4) is 0 Å². The summed E-state index contributed by atoms with van der Waals surface area (Å²) in [6.45, 7) is 42.9. The number of ether oxygens (including phenoxy) is 43. The quantitative estimate of drug-likeness (QED) is 0.0733. The molecule has 45 heteroatoms. The van der Waals surface area contributed by atoms with Crippen LogP contribution in [0, 0.1) is 0 Å². The Balaban J connectivity index is 3.10. The van der Waals surface area contributed by atoms with Crippen molar-refractivity contribution in [3.8, 4) is 0 Å². The van der Waals surface area contributed by atoms with E-state index in [1.807, 2.05) is 0 Å². The van der Waals surface area contributed by atoms with Gasteiger partial charge in [0.1, 0.15) is 0 Å². The van der Waals surface area contributed by atoms with Crippen LogP contribution in [0.25, 0.3) is 0 Å². The Bertz CT molecular complexity index is 1710. The third-order valence-electron chi connectivity index (χ3n) is 16.1. The lowest BCUT2D eigenvalue weighted by molar-refractivity contribution is -0.0329. The van der Waals surface area contributed by atoms with Crippen molar-refractivity contribution in [2.45, 2.75) is 0 Å². The van der Waals surface area contributed by atoms with Gasteiger partial charge in [0.15, 0.2) is 0 Å². The molecule has 0 atom stereocenters. The third kappa shape index (κ3) is 130. The standard InChI is InChI=1S/C88H180N2O43/c89-1-3-91-5-7-93-9-11-95-13-15-97-17-19-99-21-23-101-25-27-103-29-31-105-33-35-107-37-39-109-41-43-111-45-47-113-49-51-115-53-55-117-57-59-119-61-63-121-65-67-123-69-71-125-73-75-127-77-79-129-81-83-131-85-87-133-88-86-132-84-82-130-80-78-128-76-74-126-72-70-124-68-66-122-64-62-120-60-58-118-56-54-116-52-50-114-48-46-112-44-42-110-40-38-108-36-34-106-32-30-104-28-26-102-24-22-100-20-18-98-16-14-96-12-10-94-8-6-92-4-2-90/h1-90H2. The first-order valence-corrected chi connectivity index (χ1v) is 47.6. The first-order chi connectivity index (χ1) is 66.4. The zero-order valence-electron chi connectivity index (χ0n) is 80.9. The predicted molar refractivity (Wildman–Crippen MR) is 483 cm³/mol. The Hall–Kier alpha value is -1.80. The summed E-state index contributed by atoms with van der Waals surface area (Å²) >= 11 is 0. The van der Waals surface area contributed by atoms with E-state index in [0.717, 1.165) is 0 Å². The highest BCUT2D eigenvalue weighted by Crippen LogP contribution is 1.97. The maximum atomic E-state index is 5.55. The van der Waals surface area contributed by atoms with E-state index in [0.29, 0.717) is 581 Å². The molecule has 0 aliphatic heterocycles. The fourth-order valence-electron chi connectivity index (χ4n) is 9.51. The second-order valence-electron chi connectivity index (χ2n) is 26.9. The minimum absolute atomic E-state index is 0.473. The summed E-state index contributed by atoms with van der Waals surface area (Å²) in [7, 11) is 0. The largest absolute Gasteiger partial charge is 0.378 e. The summed E-state index contributed by atoms with van der Waals surface area (Å²) in [6.07, 6.45) is 0. The zero-order valence-corrected chi connectivity index (χ0v) is 80.9. The van der Waals surface area contributed by atoms with Crippen LogP contribution < -0.4 is 11.5 Å². The molecule has 0 aliphatic rings. The molecule has 0 aromatic carbocycles. The molecule has 0 amide bonds. The highest BCUT2D eigenvalue weighted by atomic mass is 16.7. The molecule has 133 heavy (non-hydrogen) atoms. The van der Waals surface area contributed by atoms with Crippen LogP contribution in [-0.4, -0.2) is 581 Å². The van der Waals surface area contributed by atoms with Gasteiger partial charge in [0.25, 0.3) is 0 Å². The van der Waals surface area contributed by atoms with Crippen molar-refractivity contribution in [2.24, 2.45) is 11.5 Å². The molecular weight excluding hydrogens is 1770 g/mol. The minimum Gasteiger partial charge on any atom is -0.378 e. The summed E-state index contributed by atoms with van der Waals surface area (Å²) < 4.78 is 237. The lowest BCUT2D eigenvalue weighted by Gasteiger charge is -2.09. The van der Waals surface area contributed by atoms with E-state index in [4.69, 9.17) is 215 Å². The van der Waals surface area contributed by atoms with Gasteiger partial charge in [0, 0.05) is 13.1 Å². The first kappa shape index (κ1) is 131. The molecular formula is C88H180N2O43. The van der Waals surface area contributed by atoms with E-state index in [1.54, 1.807) is 0 Å². The molecule has 800 valence electrons. The molecule has 0 aromatic rings. The first-order valence-electron chi connectivity index (χ1n) is 47.6. The van der Waals surface area contributed by atoms with E-state index in [-0.39, 0.29) is 0 Å². The molecule has 0 saturated heterocycles. The molecule has 4 N–H and O–H groups in total. The Morgan fingerprint density at radius 2 is 0.0827 bits per heavy atom. The van der Waals surface area contributed by atoms with Crippen molar-refractivity contribution < 1.29 is 204 Å². The number of rotatable bonds is 130. The van der Waals surface area contributed by atoms with Gasteiger partial charge in [0.2, 0.25) is 0 Å². The van der Waals surface area contributed by atoms with Crippen molar-refractivity contribution in [3.63, 3.8) is 0 Å². The van der Waals surface area contributed by atoms with Gasteiger partial charge in [-0.2, -0.15) is 0 Å². The van der Waals surface area contributed by atoms with Gasteiger partial charge >= 0.3 is 0 Å². The van der Waals surface area contributed by atoms with Crippen LogP contribution in [0.2, 0.25) is 0 Å². The average molecular weight is 1950 g/mol. The van der Waals surface area contributed by atoms with Gasteiger partial charge in [-0.05, 0) is 0 Å². The van der Waals surface area contributed by atoms with Crippen LogP contribution in [0.5, 0.6) is 0 Å². The van der Waals surface area contributed by atoms with Crippen LogP contribution in [0.15, 0.2) is 0 Å². The Kier molecular flexibility index (Phi) is 128. The van der Waals surface area contributed by atoms with Crippen LogP contribution in [0.4, 0.5) is 0 Å². The lowest BCUT2D eigenvalue weighted by atomic mass is 10.6. The molecule has 0 spiro atoms. The maximum absolute atomic E-state index is 5.55. The van der Waals surface area contributed by atoms with E-state index in [9.17, 15) is 0 Å². The van der Waals surface area contributed by atoms with Crippen molar-refractivity contribution >= 4 is 0 Å². The normalized spacial score (nSPS) is 11.9. The molecule has 0 rings (SSSR count). The van der Waals surface area contributed by atoms with Gasteiger partial charge < -0.3 is 215 Å². The molecule has 0 radical (unpaired) electrons. The number of hydrogen-bond acceptors (Lipinski definition) is 45. The lowest BCUT2D eigenvalue weighted by Crippen LogP contribution is -2.16. The Morgan fingerprint density at radius 1 is 0.0526 bits per heavy atom. The van der Waals surface area contributed by atoms with E-state index >= 15 is 0 Å². The fourth-order valence-corrected chi connectivity index (χ4v) is 9.51. The smallest absolute Gasteiger partial charge is 0.0701 e.